The normalized spacial score (nSPS) is 12.2. The number of halogens is 2. The van der Waals surface area contributed by atoms with Gasteiger partial charge in [0.1, 0.15) is 0 Å². The summed E-state index contributed by atoms with van der Waals surface area (Å²) in [6, 6.07) is 15.0. The van der Waals surface area contributed by atoms with Crippen molar-refractivity contribution >= 4 is 35.3 Å². The standard InChI is InChI=1S/C18H18Cl2N2O2/c1-13(18(23)22(2)12-14-7-4-3-5-8-14)24-21-11-15-9-6-10-16(19)17(15)20/h3-11,13H,12H2,1-2H3/b21-11-/t13-/m1/s1. The van der Waals surface area contributed by atoms with Gasteiger partial charge in [-0.25, -0.2) is 0 Å². The van der Waals surface area contributed by atoms with E-state index in [2.05, 4.69) is 5.16 Å². The molecule has 0 N–H and O–H groups in total. The van der Waals surface area contributed by atoms with E-state index in [-0.39, 0.29) is 5.91 Å². The lowest BCUT2D eigenvalue weighted by molar-refractivity contribution is -0.141. The third-order valence-electron chi connectivity index (χ3n) is 3.38. The van der Waals surface area contributed by atoms with Crippen molar-refractivity contribution in [2.24, 2.45) is 5.16 Å². The van der Waals surface area contributed by atoms with Crippen LogP contribution in [0.25, 0.3) is 0 Å². The van der Waals surface area contributed by atoms with Gasteiger partial charge in [0.15, 0.2) is 0 Å². The fraction of sp³-hybridized carbons (Fsp3) is 0.222. The number of nitrogens with zero attached hydrogens (tertiary/aromatic N) is 2. The number of rotatable bonds is 6. The first kappa shape index (κ1) is 18.3. The summed E-state index contributed by atoms with van der Waals surface area (Å²) in [7, 11) is 1.73. The van der Waals surface area contributed by atoms with Gasteiger partial charge >= 0.3 is 0 Å². The van der Waals surface area contributed by atoms with Crippen molar-refractivity contribution in [2.45, 2.75) is 19.6 Å². The Labute approximate surface area is 151 Å². The predicted octanol–water partition coefficient (Wildman–Crippen LogP) is 4.39. The first-order valence-electron chi connectivity index (χ1n) is 7.41. The second-order valence-corrected chi connectivity index (χ2v) is 6.09. The Morgan fingerprint density at radius 1 is 1.21 bits per heavy atom. The molecule has 0 bridgehead atoms. The summed E-state index contributed by atoms with van der Waals surface area (Å²) in [5.74, 6) is -0.159. The van der Waals surface area contributed by atoms with E-state index in [1.54, 1.807) is 37.1 Å². The number of likely N-dealkylation sites (N-methyl/N-ethyl adjacent to an activating group) is 1. The monoisotopic (exact) mass is 364 g/mol. The van der Waals surface area contributed by atoms with Gasteiger partial charge in [-0.15, -0.1) is 0 Å². The fourth-order valence-corrected chi connectivity index (χ4v) is 2.45. The van der Waals surface area contributed by atoms with Crippen LogP contribution in [0.2, 0.25) is 10.0 Å². The number of carbonyl (C=O) groups excluding carboxylic acids is 1. The maximum atomic E-state index is 12.3. The third-order valence-corrected chi connectivity index (χ3v) is 4.21. The molecular formula is C18H18Cl2N2O2. The molecule has 0 aromatic heterocycles. The highest BCUT2D eigenvalue weighted by molar-refractivity contribution is 6.43. The van der Waals surface area contributed by atoms with E-state index in [1.165, 1.54) is 6.21 Å². The highest BCUT2D eigenvalue weighted by Gasteiger charge is 2.19. The Kier molecular flexibility index (Phi) is 6.64. The van der Waals surface area contributed by atoms with Gasteiger partial charge in [0.05, 0.1) is 16.3 Å². The van der Waals surface area contributed by atoms with Crippen LogP contribution in [-0.4, -0.2) is 30.2 Å². The van der Waals surface area contributed by atoms with Gasteiger partial charge in [-0.2, -0.15) is 0 Å². The minimum absolute atomic E-state index is 0.159. The molecule has 0 aliphatic carbocycles. The first-order valence-corrected chi connectivity index (χ1v) is 8.16. The minimum Gasteiger partial charge on any atom is -0.383 e. The van der Waals surface area contributed by atoms with Crippen LogP contribution in [0.1, 0.15) is 18.1 Å². The molecule has 4 nitrogen and oxygen atoms in total. The molecule has 24 heavy (non-hydrogen) atoms. The molecule has 2 aromatic rings. The lowest BCUT2D eigenvalue weighted by atomic mass is 10.2. The third kappa shape index (κ3) is 4.98. The molecule has 126 valence electrons. The summed E-state index contributed by atoms with van der Waals surface area (Å²) >= 11 is 12.0. The number of oxime groups is 1. The van der Waals surface area contributed by atoms with Crippen molar-refractivity contribution in [3.05, 3.63) is 69.7 Å². The van der Waals surface area contributed by atoms with Gasteiger partial charge < -0.3 is 9.74 Å². The first-order chi connectivity index (χ1) is 11.5. The van der Waals surface area contributed by atoms with Gasteiger partial charge in [0.25, 0.3) is 5.91 Å². The van der Waals surface area contributed by atoms with Crippen LogP contribution < -0.4 is 0 Å². The number of hydrogen-bond donors (Lipinski definition) is 0. The molecule has 0 saturated carbocycles. The van der Waals surface area contributed by atoms with Gasteiger partial charge in [0.2, 0.25) is 6.10 Å². The second kappa shape index (κ2) is 8.71. The second-order valence-electron chi connectivity index (χ2n) is 5.31. The Balaban J connectivity index is 1.91. The fourth-order valence-electron chi connectivity index (χ4n) is 2.09. The van der Waals surface area contributed by atoms with E-state index in [1.807, 2.05) is 30.3 Å². The van der Waals surface area contributed by atoms with Crippen molar-refractivity contribution < 1.29 is 9.63 Å². The largest absolute Gasteiger partial charge is 0.383 e. The van der Waals surface area contributed by atoms with E-state index >= 15 is 0 Å². The van der Waals surface area contributed by atoms with E-state index in [0.29, 0.717) is 22.2 Å². The van der Waals surface area contributed by atoms with Crippen LogP contribution in [0.5, 0.6) is 0 Å². The molecule has 0 unspecified atom stereocenters. The summed E-state index contributed by atoms with van der Waals surface area (Å²) in [5, 5.41) is 4.67. The smallest absolute Gasteiger partial charge is 0.266 e. The van der Waals surface area contributed by atoms with Gasteiger partial charge in [-0.1, -0.05) is 70.8 Å². The zero-order valence-electron chi connectivity index (χ0n) is 13.4. The van der Waals surface area contributed by atoms with Gasteiger partial charge in [-0.3, -0.25) is 4.79 Å². The van der Waals surface area contributed by atoms with E-state index in [4.69, 9.17) is 28.0 Å². The van der Waals surface area contributed by atoms with Crippen LogP contribution in [-0.2, 0) is 16.2 Å². The SMILES string of the molecule is C[C@@H](O/N=C\c1cccc(Cl)c1Cl)C(=O)N(C)Cc1ccccc1. The van der Waals surface area contributed by atoms with E-state index < -0.39 is 6.10 Å². The lowest BCUT2D eigenvalue weighted by Crippen LogP contribution is -2.35. The average Bonchev–Trinajstić information content (AvgIpc) is 2.58. The van der Waals surface area contributed by atoms with Crippen LogP contribution >= 0.6 is 23.2 Å². The van der Waals surface area contributed by atoms with E-state index in [0.717, 1.165) is 5.56 Å². The van der Waals surface area contributed by atoms with Crippen LogP contribution in [0.4, 0.5) is 0 Å². The number of carbonyl (C=O) groups is 1. The molecule has 1 amide bonds. The zero-order chi connectivity index (χ0) is 17.5. The lowest BCUT2D eigenvalue weighted by Gasteiger charge is -2.20. The highest BCUT2D eigenvalue weighted by Crippen LogP contribution is 2.24. The Morgan fingerprint density at radius 3 is 2.62 bits per heavy atom. The molecule has 0 aliphatic rings. The quantitative estimate of drug-likeness (QED) is 0.563. The maximum Gasteiger partial charge on any atom is 0.266 e. The Hall–Kier alpha value is -2.04. The molecule has 0 radical (unpaired) electrons. The molecule has 2 rings (SSSR count). The van der Waals surface area contributed by atoms with Gasteiger partial charge in [0, 0.05) is 19.2 Å². The van der Waals surface area contributed by atoms with Crippen molar-refractivity contribution in [2.75, 3.05) is 7.05 Å². The molecule has 0 aliphatic heterocycles. The van der Waals surface area contributed by atoms with Crippen molar-refractivity contribution in [3.63, 3.8) is 0 Å². The van der Waals surface area contributed by atoms with E-state index in [9.17, 15) is 4.79 Å². The van der Waals surface area contributed by atoms with Crippen molar-refractivity contribution in [1.29, 1.82) is 0 Å². The van der Waals surface area contributed by atoms with Crippen LogP contribution in [0, 0.1) is 0 Å². The van der Waals surface area contributed by atoms with Crippen LogP contribution in [0.15, 0.2) is 53.7 Å². The summed E-state index contributed by atoms with van der Waals surface area (Å²) in [5.41, 5.74) is 1.68. The number of benzene rings is 2. The molecule has 6 heteroatoms. The Bertz CT molecular complexity index is 720. The molecule has 0 fully saturated rings. The predicted molar refractivity (Wildman–Crippen MR) is 97.5 cm³/mol. The van der Waals surface area contributed by atoms with Crippen molar-refractivity contribution in [3.8, 4) is 0 Å². The topological polar surface area (TPSA) is 41.9 Å². The summed E-state index contributed by atoms with van der Waals surface area (Å²) in [4.78, 5) is 19.1. The molecule has 0 saturated heterocycles. The maximum absolute atomic E-state index is 12.3. The van der Waals surface area contributed by atoms with Crippen molar-refractivity contribution in [1.82, 2.24) is 4.90 Å². The molecular weight excluding hydrogens is 347 g/mol. The molecule has 0 spiro atoms. The number of amides is 1. The molecule has 1 atom stereocenters. The average molecular weight is 365 g/mol. The number of hydrogen-bond acceptors (Lipinski definition) is 3. The summed E-state index contributed by atoms with van der Waals surface area (Å²) in [6.45, 7) is 2.16. The molecule has 0 heterocycles. The van der Waals surface area contributed by atoms with Crippen LogP contribution in [0.3, 0.4) is 0 Å². The Morgan fingerprint density at radius 2 is 1.92 bits per heavy atom. The minimum atomic E-state index is -0.701. The summed E-state index contributed by atoms with van der Waals surface area (Å²) in [6.07, 6.45) is 0.739. The highest BCUT2D eigenvalue weighted by atomic mass is 35.5. The summed E-state index contributed by atoms with van der Waals surface area (Å²) < 4.78 is 0. The zero-order valence-corrected chi connectivity index (χ0v) is 15.0. The molecule has 2 aromatic carbocycles. The van der Waals surface area contributed by atoms with Gasteiger partial charge in [-0.05, 0) is 18.6 Å².